The second-order valence-corrected chi connectivity index (χ2v) is 8.12. The quantitative estimate of drug-likeness (QED) is 0.632. The minimum atomic E-state index is -1.26. The van der Waals surface area contributed by atoms with Crippen molar-refractivity contribution in [3.05, 3.63) is 52.8 Å². The highest BCUT2D eigenvalue weighted by atomic mass is 32.1. The number of aromatic nitrogens is 3. The van der Waals surface area contributed by atoms with Gasteiger partial charge in [-0.3, -0.25) is 9.48 Å². The molecule has 3 atom stereocenters. The molecule has 3 heterocycles. The second kappa shape index (κ2) is 8.77. The maximum absolute atomic E-state index is 14.0. The first-order chi connectivity index (χ1) is 14.8. The van der Waals surface area contributed by atoms with Crippen molar-refractivity contribution in [3.8, 4) is 10.6 Å². The molecule has 0 unspecified atom stereocenters. The van der Waals surface area contributed by atoms with E-state index in [1.165, 1.54) is 11.6 Å². The summed E-state index contributed by atoms with van der Waals surface area (Å²) in [5.41, 5.74) is 6.80. The third-order valence-electron chi connectivity index (χ3n) is 5.12. The fraction of sp³-hybridized carbons (Fsp3) is 0.350. The molecule has 1 amide bonds. The Hall–Kier alpha value is -2.76. The minimum Gasteiger partial charge on any atom is -0.369 e. The molecule has 31 heavy (non-hydrogen) atoms. The maximum Gasteiger partial charge on any atom is 0.275 e. The Morgan fingerprint density at radius 3 is 2.97 bits per heavy atom. The lowest BCUT2D eigenvalue weighted by Gasteiger charge is -2.17. The molecule has 3 N–H and O–H groups in total. The number of benzene rings is 1. The van der Waals surface area contributed by atoms with Crippen LogP contribution in [-0.2, 0) is 11.8 Å². The van der Waals surface area contributed by atoms with Gasteiger partial charge in [-0.2, -0.15) is 5.10 Å². The largest absolute Gasteiger partial charge is 0.369 e. The summed E-state index contributed by atoms with van der Waals surface area (Å²) >= 11 is 1.03. The molecule has 164 valence electrons. The number of anilines is 1. The highest BCUT2D eigenvalue weighted by Gasteiger charge is 2.30. The van der Waals surface area contributed by atoms with Crippen molar-refractivity contribution in [1.82, 2.24) is 14.8 Å². The monoisotopic (exact) mass is 451 g/mol. The first-order valence-electron chi connectivity index (χ1n) is 9.59. The number of nitrogens with zero attached hydrogens (tertiary/aromatic N) is 3. The predicted molar refractivity (Wildman–Crippen MR) is 109 cm³/mol. The van der Waals surface area contributed by atoms with Crippen LogP contribution in [0.25, 0.3) is 10.6 Å². The zero-order valence-electron chi connectivity index (χ0n) is 16.5. The van der Waals surface area contributed by atoms with Crippen LogP contribution in [0, 0.1) is 11.6 Å². The number of amides is 1. The van der Waals surface area contributed by atoms with E-state index in [1.807, 2.05) is 0 Å². The van der Waals surface area contributed by atoms with Crippen molar-refractivity contribution < 1.29 is 22.7 Å². The summed E-state index contributed by atoms with van der Waals surface area (Å²) < 4.78 is 48.6. The van der Waals surface area contributed by atoms with E-state index in [9.17, 15) is 18.0 Å². The zero-order chi connectivity index (χ0) is 22.1. The normalized spacial score (nSPS) is 21.6. The lowest BCUT2D eigenvalue weighted by Crippen LogP contribution is -2.32. The first-order valence-corrected chi connectivity index (χ1v) is 10.5. The van der Waals surface area contributed by atoms with Crippen molar-refractivity contribution in [2.45, 2.75) is 31.2 Å². The molecular weight excluding hydrogens is 431 g/mol. The van der Waals surface area contributed by atoms with Crippen molar-refractivity contribution in [1.29, 1.82) is 0 Å². The molecule has 1 aromatic carbocycles. The van der Waals surface area contributed by atoms with Gasteiger partial charge in [0.2, 0.25) is 0 Å². The summed E-state index contributed by atoms with van der Waals surface area (Å²) in [6.07, 6.45) is 0.631. The minimum absolute atomic E-state index is 0.0184. The second-order valence-electron chi connectivity index (χ2n) is 7.26. The molecule has 1 aliphatic heterocycles. The molecule has 0 spiro atoms. The summed E-state index contributed by atoms with van der Waals surface area (Å²) in [5.74, 6) is -1.77. The lowest BCUT2D eigenvalue weighted by molar-refractivity contribution is 0.0247. The molecule has 7 nitrogen and oxygen atoms in total. The predicted octanol–water partition coefficient (Wildman–Crippen LogP) is 3.59. The van der Waals surface area contributed by atoms with Gasteiger partial charge in [0.05, 0.1) is 24.2 Å². The molecule has 1 fully saturated rings. The van der Waals surface area contributed by atoms with Crippen LogP contribution < -0.4 is 11.1 Å². The molecule has 0 bridgehead atoms. The van der Waals surface area contributed by atoms with E-state index in [1.54, 1.807) is 11.7 Å². The van der Waals surface area contributed by atoms with E-state index < -0.39 is 35.9 Å². The van der Waals surface area contributed by atoms with E-state index in [-0.39, 0.29) is 22.9 Å². The van der Waals surface area contributed by atoms with Gasteiger partial charge in [-0.1, -0.05) is 0 Å². The molecule has 1 saturated heterocycles. The molecular formula is C20H20F3N5O2S. The molecule has 4 rings (SSSR count). The van der Waals surface area contributed by atoms with Gasteiger partial charge >= 0.3 is 0 Å². The third kappa shape index (κ3) is 4.48. The summed E-state index contributed by atoms with van der Waals surface area (Å²) in [6.45, 7) is -0.140. The van der Waals surface area contributed by atoms with Crippen LogP contribution in [-0.4, -0.2) is 39.5 Å². The molecule has 3 aromatic rings. The van der Waals surface area contributed by atoms with Crippen molar-refractivity contribution in [2.24, 2.45) is 12.8 Å². The molecule has 11 heteroatoms. The summed E-state index contributed by atoms with van der Waals surface area (Å²) in [5, 5.41) is 8.54. The van der Waals surface area contributed by atoms with Gasteiger partial charge in [0, 0.05) is 24.0 Å². The van der Waals surface area contributed by atoms with Crippen LogP contribution >= 0.6 is 11.3 Å². The fourth-order valence-corrected chi connectivity index (χ4v) is 4.25. The van der Waals surface area contributed by atoms with Crippen LogP contribution in [0.1, 0.15) is 35.1 Å². The zero-order valence-corrected chi connectivity index (χ0v) is 17.3. The Kier molecular flexibility index (Phi) is 6.08. The Morgan fingerprint density at radius 2 is 2.16 bits per heavy atom. The molecule has 0 saturated carbocycles. The number of ether oxygens (including phenoxy) is 1. The number of carbonyl (C=O) groups excluding carboxylic acids is 1. The Morgan fingerprint density at radius 1 is 1.35 bits per heavy atom. The van der Waals surface area contributed by atoms with Gasteiger partial charge in [-0.15, -0.1) is 11.3 Å². The van der Waals surface area contributed by atoms with Gasteiger partial charge in [0.15, 0.2) is 0 Å². The van der Waals surface area contributed by atoms with Crippen LogP contribution in [0.5, 0.6) is 0 Å². The van der Waals surface area contributed by atoms with Crippen molar-refractivity contribution in [2.75, 3.05) is 11.9 Å². The number of carbonyl (C=O) groups is 1. The first kappa shape index (κ1) is 21.5. The van der Waals surface area contributed by atoms with Gasteiger partial charge in [0.25, 0.3) is 5.91 Å². The summed E-state index contributed by atoms with van der Waals surface area (Å²) in [7, 11) is 1.69. The maximum atomic E-state index is 14.0. The van der Waals surface area contributed by atoms with Crippen LogP contribution in [0.15, 0.2) is 29.8 Å². The highest BCUT2D eigenvalue weighted by Crippen LogP contribution is 2.33. The van der Waals surface area contributed by atoms with Crippen LogP contribution in [0.3, 0.4) is 0 Å². The summed E-state index contributed by atoms with van der Waals surface area (Å²) in [4.78, 5) is 16.9. The number of nitrogens with two attached hydrogens (primary N) is 1. The number of nitrogens with one attached hydrogen (secondary N) is 1. The van der Waals surface area contributed by atoms with E-state index in [0.717, 1.165) is 29.5 Å². The number of hydrogen-bond donors (Lipinski definition) is 2. The summed E-state index contributed by atoms with van der Waals surface area (Å²) in [6, 6.07) is 2.45. The Labute approximate surface area is 180 Å². The number of hydrogen-bond acceptors (Lipinski definition) is 6. The van der Waals surface area contributed by atoms with E-state index in [4.69, 9.17) is 10.5 Å². The number of aryl methyl sites for hydroxylation is 1. The SMILES string of the molecule is Cn1ncc(NC(=O)c2csc(-c3cc(F)ccc3F)n2)c1[C@@H]1CC[C@@H](N)[C@H](F)CO1. The average Bonchev–Trinajstić information content (AvgIpc) is 3.33. The van der Waals surface area contributed by atoms with Gasteiger partial charge in [-0.25, -0.2) is 18.2 Å². The van der Waals surface area contributed by atoms with Gasteiger partial charge in [0.1, 0.15) is 34.6 Å². The highest BCUT2D eigenvalue weighted by molar-refractivity contribution is 7.13. The standard InChI is InChI=1S/C20H20F3N5O2S/c1-28-18(17-5-4-14(24)13(23)8-30-17)15(7-25-28)26-19(29)16-9-31-20(27-16)11-6-10(21)2-3-12(11)22/h2-3,6-7,9,13-14,17H,4-5,8,24H2,1H3,(H,26,29)/t13-,14-,17+/m1/s1. The van der Waals surface area contributed by atoms with Gasteiger partial charge < -0.3 is 15.8 Å². The van der Waals surface area contributed by atoms with Crippen molar-refractivity contribution in [3.63, 3.8) is 0 Å². The van der Waals surface area contributed by atoms with E-state index in [2.05, 4.69) is 15.4 Å². The Bertz CT molecular complexity index is 1090. The lowest BCUT2D eigenvalue weighted by atomic mass is 10.0. The van der Waals surface area contributed by atoms with E-state index >= 15 is 0 Å². The molecule has 0 radical (unpaired) electrons. The van der Waals surface area contributed by atoms with Gasteiger partial charge in [-0.05, 0) is 31.0 Å². The van der Waals surface area contributed by atoms with E-state index in [0.29, 0.717) is 24.2 Å². The smallest absolute Gasteiger partial charge is 0.275 e. The number of halogens is 3. The van der Waals surface area contributed by atoms with Crippen LogP contribution in [0.2, 0.25) is 0 Å². The number of thiazole rings is 1. The third-order valence-corrected chi connectivity index (χ3v) is 5.99. The molecule has 0 aliphatic carbocycles. The molecule has 2 aromatic heterocycles. The van der Waals surface area contributed by atoms with Crippen LogP contribution in [0.4, 0.5) is 18.9 Å². The molecule has 1 aliphatic rings. The fourth-order valence-electron chi connectivity index (χ4n) is 3.43. The Balaban J connectivity index is 1.54. The van der Waals surface area contributed by atoms with Crippen molar-refractivity contribution >= 4 is 22.9 Å². The number of rotatable bonds is 4. The topological polar surface area (TPSA) is 95.1 Å². The number of alkyl halides is 1. The average molecular weight is 451 g/mol.